The molecule has 0 aliphatic carbocycles. The number of anilines is 3. The number of hydrogen-bond acceptors (Lipinski definition) is 3. The molecule has 0 aliphatic heterocycles. The van der Waals surface area contributed by atoms with Crippen LogP contribution in [-0.2, 0) is 0 Å². The van der Waals surface area contributed by atoms with Crippen LogP contribution in [0.5, 0.6) is 0 Å². The van der Waals surface area contributed by atoms with Crippen molar-refractivity contribution in [1.82, 2.24) is 9.55 Å². The molecular formula is C41H27N3O. The van der Waals surface area contributed by atoms with E-state index in [1.807, 2.05) is 18.2 Å². The van der Waals surface area contributed by atoms with Crippen LogP contribution in [-0.4, -0.2) is 9.55 Å². The predicted octanol–water partition coefficient (Wildman–Crippen LogP) is 11.2. The summed E-state index contributed by atoms with van der Waals surface area (Å²) in [5.74, 6) is 0.620. The van der Waals surface area contributed by atoms with Crippen molar-refractivity contribution in [1.29, 1.82) is 0 Å². The molecule has 9 aromatic rings. The Labute approximate surface area is 260 Å². The summed E-state index contributed by atoms with van der Waals surface area (Å²) in [5, 5.41) is 4.66. The number of benzene rings is 7. The van der Waals surface area contributed by atoms with Crippen molar-refractivity contribution in [2.24, 2.45) is 0 Å². The summed E-state index contributed by atoms with van der Waals surface area (Å²) in [4.78, 5) is 7.13. The van der Waals surface area contributed by atoms with Gasteiger partial charge >= 0.3 is 0 Å². The quantitative estimate of drug-likeness (QED) is 0.204. The average Bonchev–Trinajstić information content (AvgIpc) is 3.70. The van der Waals surface area contributed by atoms with Crippen molar-refractivity contribution in [2.45, 2.75) is 0 Å². The number of hydrogen-bond donors (Lipinski definition) is 0. The van der Waals surface area contributed by atoms with Gasteiger partial charge in [-0.25, -0.2) is 4.98 Å². The number of aromatic nitrogens is 2. The molecule has 9 rings (SSSR count). The van der Waals surface area contributed by atoms with Crippen molar-refractivity contribution in [3.63, 3.8) is 0 Å². The molecule has 45 heavy (non-hydrogen) atoms. The van der Waals surface area contributed by atoms with Crippen LogP contribution in [0.2, 0.25) is 0 Å². The monoisotopic (exact) mass is 577 g/mol. The van der Waals surface area contributed by atoms with Crippen LogP contribution >= 0.6 is 0 Å². The van der Waals surface area contributed by atoms with Gasteiger partial charge in [-0.05, 0) is 84.2 Å². The maximum absolute atomic E-state index is 6.34. The Hall–Kier alpha value is -6.13. The topological polar surface area (TPSA) is 34.2 Å². The van der Waals surface area contributed by atoms with Crippen LogP contribution in [0, 0.1) is 0 Å². The number of rotatable bonds is 5. The lowest BCUT2D eigenvalue weighted by atomic mass is 10.1. The third kappa shape index (κ3) is 4.19. The molecule has 212 valence electrons. The third-order valence-corrected chi connectivity index (χ3v) is 8.60. The van der Waals surface area contributed by atoms with Crippen molar-refractivity contribution in [3.8, 4) is 17.1 Å². The molecule has 7 aromatic carbocycles. The first-order valence-electron chi connectivity index (χ1n) is 15.1. The fourth-order valence-electron chi connectivity index (χ4n) is 6.51. The summed E-state index contributed by atoms with van der Waals surface area (Å²) in [5.41, 5.74) is 9.37. The lowest BCUT2D eigenvalue weighted by Gasteiger charge is -2.25. The maximum atomic E-state index is 6.34. The molecular weight excluding hydrogens is 550 g/mol. The molecule has 0 aliphatic rings. The van der Waals surface area contributed by atoms with Gasteiger partial charge < -0.3 is 13.9 Å². The first kappa shape index (κ1) is 25.4. The molecule has 2 heterocycles. The van der Waals surface area contributed by atoms with Gasteiger partial charge in [0.15, 0.2) is 5.58 Å². The zero-order chi connectivity index (χ0) is 29.7. The average molecular weight is 578 g/mol. The molecule has 0 spiro atoms. The highest BCUT2D eigenvalue weighted by Gasteiger charge is 2.18. The Kier molecular flexibility index (Phi) is 5.78. The summed E-state index contributed by atoms with van der Waals surface area (Å²) in [6.45, 7) is 0. The smallest absolute Gasteiger partial charge is 0.227 e. The lowest BCUT2D eigenvalue weighted by Crippen LogP contribution is -2.09. The Bertz CT molecular complexity index is 2480. The summed E-state index contributed by atoms with van der Waals surface area (Å²) >= 11 is 0. The van der Waals surface area contributed by atoms with Gasteiger partial charge in [-0.1, -0.05) is 84.9 Å². The zero-order valence-electron chi connectivity index (χ0n) is 24.3. The van der Waals surface area contributed by atoms with E-state index in [0.717, 1.165) is 50.2 Å². The van der Waals surface area contributed by atoms with E-state index in [9.17, 15) is 0 Å². The minimum atomic E-state index is 0.620. The molecule has 0 saturated carbocycles. The van der Waals surface area contributed by atoms with Crippen molar-refractivity contribution >= 4 is 60.7 Å². The molecule has 2 aromatic heterocycles. The largest absolute Gasteiger partial charge is 0.435 e. The highest BCUT2D eigenvalue weighted by atomic mass is 16.3. The second-order valence-corrected chi connectivity index (χ2v) is 11.3. The molecule has 0 unspecified atom stereocenters. The maximum Gasteiger partial charge on any atom is 0.227 e. The van der Waals surface area contributed by atoms with Gasteiger partial charge in [0.1, 0.15) is 5.52 Å². The van der Waals surface area contributed by atoms with Crippen LogP contribution < -0.4 is 4.90 Å². The van der Waals surface area contributed by atoms with E-state index in [4.69, 9.17) is 9.40 Å². The number of fused-ring (bicyclic) bond motifs is 6. The molecule has 0 bridgehead atoms. The normalized spacial score (nSPS) is 11.6. The van der Waals surface area contributed by atoms with E-state index in [1.54, 1.807) is 0 Å². The molecule has 0 N–H and O–H groups in total. The Balaban J connectivity index is 1.17. The van der Waals surface area contributed by atoms with Crippen molar-refractivity contribution in [2.75, 3.05) is 4.90 Å². The van der Waals surface area contributed by atoms with E-state index >= 15 is 0 Å². The molecule has 4 heteroatoms. The molecule has 0 saturated heterocycles. The highest BCUT2D eigenvalue weighted by molar-refractivity contribution is 6.10. The van der Waals surface area contributed by atoms with Crippen molar-refractivity contribution in [3.05, 3.63) is 164 Å². The van der Waals surface area contributed by atoms with E-state index in [0.29, 0.717) is 5.89 Å². The van der Waals surface area contributed by atoms with Gasteiger partial charge in [0.25, 0.3) is 0 Å². The Morgan fingerprint density at radius 1 is 0.489 bits per heavy atom. The number of para-hydroxylation sites is 3. The van der Waals surface area contributed by atoms with Crippen LogP contribution in [0.1, 0.15) is 0 Å². The summed E-state index contributed by atoms with van der Waals surface area (Å²) in [6.07, 6.45) is 0. The first-order valence-corrected chi connectivity index (χ1v) is 15.1. The standard InChI is InChI=1S/C41H27N3O/c1-3-12-30(13-4-1)43(32-22-19-29(20-23-32)41-42-37-25-21-28-11-7-8-16-34(28)40(37)45-41)33-24-26-39-36(27-33)35-17-9-10-18-38(35)44(39)31-14-5-2-6-15-31/h1-27H. The fraction of sp³-hybridized carbons (Fsp3) is 0. The summed E-state index contributed by atoms with van der Waals surface area (Å²) in [6, 6.07) is 57.4. The van der Waals surface area contributed by atoms with Crippen LogP contribution in [0.3, 0.4) is 0 Å². The van der Waals surface area contributed by atoms with E-state index in [-0.39, 0.29) is 0 Å². The van der Waals surface area contributed by atoms with E-state index in [1.165, 1.54) is 21.8 Å². The SMILES string of the molecule is c1ccc(N(c2ccc(-c3nc4ccc5ccccc5c4o3)cc2)c2ccc3c(c2)c2ccccc2n3-c2ccccc2)cc1. The van der Waals surface area contributed by atoms with Crippen LogP contribution in [0.15, 0.2) is 168 Å². The first-order chi connectivity index (χ1) is 22.3. The van der Waals surface area contributed by atoms with Gasteiger partial charge in [-0.15, -0.1) is 0 Å². The highest BCUT2D eigenvalue weighted by Crippen LogP contribution is 2.40. The molecule has 0 radical (unpaired) electrons. The molecule has 0 fully saturated rings. The van der Waals surface area contributed by atoms with Crippen LogP contribution in [0.25, 0.3) is 60.8 Å². The fourth-order valence-corrected chi connectivity index (χ4v) is 6.51. The van der Waals surface area contributed by atoms with Crippen LogP contribution in [0.4, 0.5) is 17.1 Å². The van der Waals surface area contributed by atoms with Gasteiger partial charge in [0.05, 0.1) is 11.0 Å². The second kappa shape index (κ2) is 10.2. The summed E-state index contributed by atoms with van der Waals surface area (Å²) in [7, 11) is 0. The van der Waals surface area contributed by atoms with E-state index < -0.39 is 0 Å². The lowest BCUT2D eigenvalue weighted by molar-refractivity contribution is 0.623. The minimum absolute atomic E-state index is 0.620. The predicted molar refractivity (Wildman–Crippen MR) is 186 cm³/mol. The number of nitrogens with zero attached hydrogens (tertiary/aromatic N) is 3. The molecule has 4 nitrogen and oxygen atoms in total. The van der Waals surface area contributed by atoms with Gasteiger partial charge in [0.2, 0.25) is 5.89 Å². The number of oxazole rings is 1. The van der Waals surface area contributed by atoms with Gasteiger partial charge in [-0.3, -0.25) is 0 Å². The zero-order valence-corrected chi connectivity index (χ0v) is 24.3. The van der Waals surface area contributed by atoms with Gasteiger partial charge in [-0.2, -0.15) is 0 Å². The summed E-state index contributed by atoms with van der Waals surface area (Å²) < 4.78 is 8.68. The Morgan fingerprint density at radius 3 is 1.96 bits per heavy atom. The van der Waals surface area contributed by atoms with Crippen molar-refractivity contribution < 1.29 is 4.42 Å². The molecule has 0 atom stereocenters. The Morgan fingerprint density at radius 2 is 1.13 bits per heavy atom. The minimum Gasteiger partial charge on any atom is -0.435 e. The van der Waals surface area contributed by atoms with E-state index in [2.05, 4.69) is 155 Å². The second-order valence-electron chi connectivity index (χ2n) is 11.3. The van der Waals surface area contributed by atoms with Gasteiger partial charge in [0, 0.05) is 44.5 Å². The molecule has 0 amide bonds. The third-order valence-electron chi connectivity index (χ3n) is 8.60.